The van der Waals surface area contributed by atoms with Gasteiger partial charge in [-0.3, -0.25) is 14.4 Å². The van der Waals surface area contributed by atoms with E-state index in [2.05, 4.69) is 0 Å². The Morgan fingerprint density at radius 1 is 1.22 bits per heavy atom. The Hall–Kier alpha value is -2.42. The van der Waals surface area contributed by atoms with Crippen LogP contribution in [0, 0.1) is 5.92 Å². The van der Waals surface area contributed by atoms with Crippen molar-refractivity contribution in [1.82, 2.24) is 9.21 Å². The summed E-state index contributed by atoms with van der Waals surface area (Å²) in [6.45, 7) is 5.13. The lowest BCUT2D eigenvalue weighted by Crippen LogP contribution is -2.47. The van der Waals surface area contributed by atoms with Crippen molar-refractivity contribution < 1.29 is 27.9 Å². The van der Waals surface area contributed by atoms with E-state index in [9.17, 15) is 27.9 Å². The van der Waals surface area contributed by atoms with E-state index in [-0.39, 0.29) is 28.6 Å². The number of carboxylic acids is 1. The fraction of sp³-hybridized carbons (Fsp3) is 0.500. The van der Waals surface area contributed by atoms with E-state index < -0.39 is 39.8 Å². The molecule has 1 N–H and O–H groups in total. The monoisotopic (exact) mass is 394 g/mol. The average molecular weight is 394 g/mol. The second-order valence-corrected chi connectivity index (χ2v) is 9.11. The van der Waals surface area contributed by atoms with Crippen LogP contribution in [0.25, 0.3) is 0 Å². The Kier molecular flexibility index (Phi) is 4.75. The summed E-state index contributed by atoms with van der Waals surface area (Å²) in [4.78, 5) is 37.9. The summed E-state index contributed by atoms with van der Waals surface area (Å²) in [6, 6.07) is 3.33. The fourth-order valence-electron chi connectivity index (χ4n) is 3.65. The first-order valence-corrected chi connectivity index (χ1v) is 10.3. The number of amides is 2. The van der Waals surface area contributed by atoms with Gasteiger partial charge in [-0.15, -0.1) is 0 Å². The van der Waals surface area contributed by atoms with Crippen molar-refractivity contribution in [2.24, 2.45) is 5.92 Å². The minimum absolute atomic E-state index is 0.0513. The maximum Gasteiger partial charge on any atom is 0.308 e. The molecule has 9 heteroatoms. The third-order valence-corrected chi connectivity index (χ3v) is 7.16. The van der Waals surface area contributed by atoms with Crippen LogP contribution in [0.5, 0.6) is 0 Å². The highest BCUT2D eigenvalue weighted by molar-refractivity contribution is 7.90. The van der Waals surface area contributed by atoms with Crippen LogP contribution in [0.15, 0.2) is 23.1 Å². The van der Waals surface area contributed by atoms with Crippen LogP contribution in [0.3, 0.4) is 0 Å². The molecule has 1 saturated heterocycles. The Morgan fingerprint density at radius 2 is 1.89 bits per heavy atom. The summed E-state index contributed by atoms with van der Waals surface area (Å²) in [6.07, 6.45) is 1.06. The molecule has 146 valence electrons. The lowest BCUT2D eigenvalue weighted by molar-refractivity contribution is -0.143. The topological polar surface area (TPSA) is 112 Å². The second kappa shape index (κ2) is 6.63. The molecular weight excluding hydrogens is 372 g/mol. The Morgan fingerprint density at radius 3 is 2.48 bits per heavy atom. The predicted molar refractivity (Wildman–Crippen MR) is 95.8 cm³/mol. The first-order chi connectivity index (χ1) is 12.6. The van der Waals surface area contributed by atoms with Crippen molar-refractivity contribution in [2.75, 3.05) is 6.54 Å². The highest BCUT2D eigenvalue weighted by Crippen LogP contribution is 2.33. The molecule has 1 aromatic rings. The van der Waals surface area contributed by atoms with Crippen LogP contribution in [0.2, 0.25) is 0 Å². The van der Waals surface area contributed by atoms with E-state index in [0.29, 0.717) is 12.8 Å². The van der Waals surface area contributed by atoms with Gasteiger partial charge in [0, 0.05) is 24.2 Å². The molecule has 3 rings (SSSR count). The highest BCUT2D eigenvalue weighted by atomic mass is 32.2. The normalized spacial score (nSPS) is 24.2. The van der Waals surface area contributed by atoms with Crippen molar-refractivity contribution in [3.8, 4) is 0 Å². The van der Waals surface area contributed by atoms with Gasteiger partial charge in [-0.1, -0.05) is 0 Å². The molecule has 2 unspecified atom stereocenters. The van der Waals surface area contributed by atoms with Gasteiger partial charge in [0.25, 0.3) is 21.8 Å². The van der Waals surface area contributed by atoms with E-state index in [1.165, 1.54) is 23.1 Å². The third kappa shape index (κ3) is 3.09. The number of hydrogen-bond donors (Lipinski definition) is 1. The molecule has 8 nitrogen and oxygen atoms in total. The summed E-state index contributed by atoms with van der Waals surface area (Å²) in [5.41, 5.74) is 0.184. The molecule has 0 radical (unpaired) electrons. The number of rotatable bonds is 3. The van der Waals surface area contributed by atoms with Gasteiger partial charge in [-0.2, -0.15) is 0 Å². The van der Waals surface area contributed by atoms with Crippen molar-refractivity contribution in [3.05, 3.63) is 29.3 Å². The van der Waals surface area contributed by atoms with Crippen LogP contribution in [-0.2, 0) is 14.8 Å². The summed E-state index contributed by atoms with van der Waals surface area (Å²) in [5.74, 6) is -2.62. The van der Waals surface area contributed by atoms with E-state index >= 15 is 0 Å². The molecule has 1 fully saturated rings. The van der Waals surface area contributed by atoms with Gasteiger partial charge < -0.3 is 10.0 Å². The quantitative estimate of drug-likeness (QED) is 0.833. The number of carboxylic acid groups (broad SMARTS) is 1. The molecule has 2 atom stereocenters. The van der Waals surface area contributed by atoms with Gasteiger partial charge >= 0.3 is 5.97 Å². The van der Waals surface area contributed by atoms with Gasteiger partial charge in [0.2, 0.25) is 0 Å². The lowest BCUT2D eigenvalue weighted by atomic mass is 9.93. The van der Waals surface area contributed by atoms with Gasteiger partial charge in [-0.05, 0) is 51.8 Å². The van der Waals surface area contributed by atoms with Crippen molar-refractivity contribution in [3.63, 3.8) is 0 Å². The van der Waals surface area contributed by atoms with Gasteiger partial charge in [-0.25, -0.2) is 12.7 Å². The molecule has 0 aromatic heterocycles. The SMILES string of the molecule is CC1CCC(C(=O)O)CN1C(=O)c1ccc2c(c1)S(=O)(=O)N(C(C)C)C2=O. The molecule has 2 amide bonds. The van der Waals surface area contributed by atoms with E-state index in [4.69, 9.17) is 0 Å². The Bertz CT molecular complexity index is 924. The molecule has 0 bridgehead atoms. The standard InChI is InChI=1S/C18H22N2O6S/c1-10(2)20-17(22)14-7-6-12(8-15(14)27(20,25)26)16(21)19-9-13(18(23)24)5-4-11(19)3/h6-8,10-11,13H,4-5,9H2,1-3H3,(H,23,24). The van der Waals surface area contributed by atoms with Crippen LogP contribution in [0.1, 0.15) is 54.3 Å². The number of piperidine rings is 1. The van der Waals surface area contributed by atoms with Gasteiger partial charge in [0.15, 0.2) is 0 Å². The summed E-state index contributed by atoms with van der Waals surface area (Å²) < 4.78 is 26.2. The van der Waals surface area contributed by atoms with Crippen molar-refractivity contribution >= 4 is 27.8 Å². The molecule has 2 aliphatic rings. The number of likely N-dealkylation sites (tertiary alicyclic amines) is 1. The van der Waals surface area contributed by atoms with Crippen LogP contribution in [0.4, 0.5) is 0 Å². The number of sulfonamides is 1. The largest absolute Gasteiger partial charge is 0.481 e. The molecule has 0 spiro atoms. The predicted octanol–water partition coefficient (Wildman–Crippen LogP) is 1.56. The van der Waals surface area contributed by atoms with Crippen LogP contribution < -0.4 is 0 Å². The van der Waals surface area contributed by atoms with Gasteiger partial charge in [0.1, 0.15) is 4.90 Å². The first-order valence-electron chi connectivity index (χ1n) is 8.82. The number of carbonyl (C=O) groups is 3. The molecular formula is C18H22N2O6S. The fourth-order valence-corrected chi connectivity index (χ4v) is 5.44. The number of aliphatic carboxylic acids is 1. The first kappa shape index (κ1) is 19.3. The Labute approximate surface area is 157 Å². The maximum atomic E-state index is 12.9. The van der Waals surface area contributed by atoms with Crippen LogP contribution in [-0.4, -0.2) is 59.1 Å². The lowest BCUT2D eigenvalue weighted by Gasteiger charge is -2.36. The van der Waals surface area contributed by atoms with E-state index in [0.717, 1.165) is 4.31 Å². The minimum Gasteiger partial charge on any atom is -0.481 e. The summed E-state index contributed by atoms with van der Waals surface area (Å²) >= 11 is 0. The zero-order chi connectivity index (χ0) is 20.1. The number of fused-ring (bicyclic) bond motifs is 1. The number of hydrogen-bond acceptors (Lipinski definition) is 5. The summed E-state index contributed by atoms with van der Waals surface area (Å²) in [5, 5.41) is 9.24. The maximum absolute atomic E-state index is 12.9. The smallest absolute Gasteiger partial charge is 0.308 e. The third-order valence-electron chi connectivity index (χ3n) is 5.16. The zero-order valence-electron chi connectivity index (χ0n) is 15.4. The van der Waals surface area contributed by atoms with Crippen molar-refractivity contribution in [2.45, 2.75) is 50.6 Å². The number of benzene rings is 1. The van der Waals surface area contributed by atoms with E-state index in [1.54, 1.807) is 13.8 Å². The van der Waals surface area contributed by atoms with E-state index in [1.807, 2.05) is 6.92 Å². The molecule has 0 aliphatic carbocycles. The Balaban J connectivity index is 1.97. The van der Waals surface area contributed by atoms with Crippen molar-refractivity contribution in [1.29, 1.82) is 0 Å². The minimum atomic E-state index is -4.00. The molecule has 1 aromatic carbocycles. The van der Waals surface area contributed by atoms with Gasteiger partial charge in [0.05, 0.1) is 11.5 Å². The molecule has 2 heterocycles. The number of carbonyl (C=O) groups excluding carboxylic acids is 2. The second-order valence-electron chi connectivity index (χ2n) is 7.33. The molecule has 27 heavy (non-hydrogen) atoms. The molecule has 0 saturated carbocycles. The van der Waals surface area contributed by atoms with Crippen LogP contribution >= 0.6 is 0 Å². The highest BCUT2D eigenvalue weighted by Gasteiger charge is 2.43. The molecule has 2 aliphatic heterocycles. The number of nitrogens with zero attached hydrogens (tertiary/aromatic N) is 2. The average Bonchev–Trinajstić information content (AvgIpc) is 2.80. The zero-order valence-corrected chi connectivity index (χ0v) is 16.2. The summed E-state index contributed by atoms with van der Waals surface area (Å²) in [7, 11) is -4.00.